The molecular weight excluding hydrogens is 262 g/mol. The van der Waals surface area contributed by atoms with E-state index in [1.807, 2.05) is 12.1 Å². The molecule has 6 heteroatoms. The van der Waals surface area contributed by atoms with Crippen LogP contribution in [0.5, 0.6) is 0 Å². The minimum absolute atomic E-state index is 0.00345. The number of nitrogens with zero attached hydrogens (tertiary/aromatic N) is 1. The largest absolute Gasteiger partial charge is 0.367 e. The molecule has 0 fully saturated rings. The molecule has 0 saturated carbocycles. The fourth-order valence-electron chi connectivity index (χ4n) is 2.46. The van der Waals surface area contributed by atoms with Crippen LogP contribution in [0.3, 0.4) is 0 Å². The monoisotopic (exact) mass is 276 g/mol. The topological polar surface area (TPSA) is 63.0 Å². The number of nitrogen functional groups attached to an aromatic ring is 1. The Morgan fingerprint density at radius 3 is 2.70 bits per heavy atom. The second-order valence-corrected chi connectivity index (χ2v) is 4.77. The molecule has 1 aliphatic rings. The van der Waals surface area contributed by atoms with Gasteiger partial charge in [0.25, 0.3) is 0 Å². The van der Waals surface area contributed by atoms with Crippen LogP contribution in [0.2, 0.25) is 0 Å². The number of hydrogen-bond acceptors (Lipinski definition) is 4. The zero-order valence-electron chi connectivity index (χ0n) is 10.7. The highest BCUT2D eigenvalue weighted by molar-refractivity contribution is 5.48. The first kappa shape index (κ1) is 12.8. The summed E-state index contributed by atoms with van der Waals surface area (Å²) in [6, 6.07) is 8.89. The number of anilines is 2. The number of hydrogen-bond donors (Lipinski definition) is 3. The second kappa shape index (κ2) is 5.05. The maximum Gasteiger partial charge on any atom is 0.178 e. The Morgan fingerprint density at radius 2 is 1.95 bits per heavy atom. The standard InChI is InChI=1S/C14H14F2N4/c15-11-6-12(16)14(20-17)19-13(11)18-7-9-5-8-3-1-2-4-10(8)9/h1-4,6,9H,5,7,17H2,(H2,18,19,20). The van der Waals surface area contributed by atoms with Crippen LogP contribution in [0.1, 0.15) is 17.0 Å². The summed E-state index contributed by atoms with van der Waals surface area (Å²) in [4.78, 5) is 3.78. The van der Waals surface area contributed by atoms with E-state index in [-0.39, 0.29) is 11.6 Å². The van der Waals surface area contributed by atoms with E-state index in [1.165, 1.54) is 11.1 Å². The predicted molar refractivity (Wildman–Crippen MR) is 73.3 cm³/mol. The lowest BCUT2D eigenvalue weighted by atomic mass is 9.77. The molecule has 1 atom stereocenters. The van der Waals surface area contributed by atoms with Gasteiger partial charge in [-0.1, -0.05) is 24.3 Å². The first-order valence-corrected chi connectivity index (χ1v) is 6.33. The van der Waals surface area contributed by atoms with Gasteiger partial charge in [0.15, 0.2) is 23.3 Å². The van der Waals surface area contributed by atoms with Gasteiger partial charge in [-0.25, -0.2) is 19.6 Å². The summed E-state index contributed by atoms with van der Waals surface area (Å²) in [5, 5.41) is 2.91. The molecular formula is C14H14F2N4. The molecule has 0 saturated heterocycles. The van der Waals surface area contributed by atoms with E-state index in [0.29, 0.717) is 12.5 Å². The summed E-state index contributed by atoms with van der Waals surface area (Å²) in [6.45, 7) is 0.552. The third-order valence-electron chi connectivity index (χ3n) is 3.54. The van der Waals surface area contributed by atoms with Crippen LogP contribution in [-0.2, 0) is 6.42 Å². The van der Waals surface area contributed by atoms with Crippen LogP contribution in [0, 0.1) is 11.6 Å². The summed E-state index contributed by atoms with van der Waals surface area (Å²) < 4.78 is 26.8. The molecule has 0 amide bonds. The third-order valence-corrected chi connectivity index (χ3v) is 3.54. The summed E-state index contributed by atoms with van der Waals surface area (Å²) in [7, 11) is 0. The summed E-state index contributed by atoms with van der Waals surface area (Å²) in [6.07, 6.45) is 0.952. The zero-order valence-corrected chi connectivity index (χ0v) is 10.7. The van der Waals surface area contributed by atoms with E-state index in [0.717, 1.165) is 12.5 Å². The third kappa shape index (κ3) is 2.18. The maximum atomic E-state index is 13.6. The van der Waals surface area contributed by atoms with Gasteiger partial charge in [-0.3, -0.25) is 0 Å². The zero-order chi connectivity index (χ0) is 14.1. The quantitative estimate of drug-likeness (QED) is 0.592. The Bertz CT molecular complexity index is 645. The molecule has 4 nitrogen and oxygen atoms in total. The van der Waals surface area contributed by atoms with E-state index in [2.05, 4.69) is 27.9 Å². The van der Waals surface area contributed by atoms with Gasteiger partial charge in [-0.2, -0.15) is 0 Å². The van der Waals surface area contributed by atoms with Gasteiger partial charge in [-0.15, -0.1) is 0 Å². The van der Waals surface area contributed by atoms with Gasteiger partial charge < -0.3 is 10.7 Å². The first-order chi connectivity index (χ1) is 9.69. The van der Waals surface area contributed by atoms with Crippen LogP contribution in [0.15, 0.2) is 30.3 Å². The molecule has 0 spiro atoms. The summed E-state index contributed by atoms with van der Waals surface area (Å²) >= 11 is 0. The molecule has 1 heterocycles. The lowest BCUT2D eigenvalue weighted by Gasteiger charge is -2.30. The minimum Gasteiger partial charge on any atom is -0.367 e. The molecule has 0 bridgehead atoms. The van der Waals surface area contributed by atoms with Crippen LogP contribution in [0.25, 0.3) is 0 Å². The molecule has 0 aliphatic heterocycles. The number of pyridine rings is 1. The highest BCUT2D eigenvalue weighted by Gasteiger charge is 2.25. The first-order valence-electron chi connectivity index (χ1n) is 6.33. The van der Waals surface area contributed by atoms with E-state index in [1.54, 1.807) is 0 Å². The van der Waals surface area contributed by atoms with Crippen molar-refractivity contribution in [2.45, 2.75) is 12.3 Å². The Labute approximate surface area is 115 Å². The average molecular weight is 276 g/mol. The Balaban J connectivity index is 1.71. The van der Waals surface area contributed by atoms with Crippen molar-refractivity contribution >= 4 is 11.6 Å². The number of rotatable bonds is 4. The van der Waals surface area contributed by atoms with Crippen LogP contribution in [-0.4, -0.2) is 11.5 Å². The maximum absolute atomic E-state index is 13.6. The van der Waals surface area contributed by atoms with Crippen molar-refractivity contribution in [2.24, 2.45) is 5.84 Å². The van der Waals surface area contributed by atoms with E-state index < -0.39 is 11.6 Å². The normalized spacial score (nSPS) is 16.2. The smallest absolute Gasteiger partial charge is 0.178 e. The summed E-state index contributed by atoms with van der Waals surface area (Å²) in [5.41, 5.74) is 4.68. The van der Waals surface area contributed by atoms with Gasteiger partial charge in [0.2, 0.25) is 0 Å². The van der Waals surface area contributed by atoms with Crippen molar-refractivity contribution in [1.29, 1.82) is 0 Å². The van der Waals surface area contributed by atoms with Gasteiger partial charge in [0.1, 0.15) is 0 Å². The van der Waals surface area contributed by atoms with Crippen molar-refractivity contribution in [3.05, 3.63) is 53.1 Å². The fourth-order valence-corrected chi connectivity index (χ4v) is 2.46. The summed E-state index contributed by atoms with van der Waals surface area (Å²) in [5.74, 6) is 3.73. The Kier molecular flexibility index (Phi) is 3.23. The average Bonchev–Trinajstić information content (AvgIpc) is 2.42. The molecule has 1 aromatic carbocycles. The van der Waals surface area contributed by atoms with Gasteiger partial charge in [0.05, 0.1) is 0 Å². The van der Waals surface area contributed by atoms with E-state index in [9.17, 15) is 8.78 Å². The number of nitrogens with one attached hydrogen (secondary N) is 2. The molecule has 1 aliphatic carbocycles. The van der Waals surface area contributed by atoms with Crippen LogP contribution < -0.4 is 16.6 Å². The molecule has 4 N–H and O–H groups in total. The van der Waals surface area contributed by atoms with Gasteiger partial charge in [-0.05, 0) is 17.5 Å². The molecule has 2 aromatic rings. The van der Waals surface area contributed by atoms with E-state index in [4.69, 9.17) is 5.84 Å². The SMILES string of the molecule is NNc1nc(NCC2Cc3ccccc32)c(F)cc1F. The molecule has 104 valence electrons. The highest BCUT2D eigenvalue weighted by atomic mass is 19.1. The molecule has 20 heavy (non-hydrogen) atoms. The van der Waals surface area contributed by atoms with Gasteiger partial charge >= 0.3 is 0 Å². The highest BCUT2D eigenvalue weighted by Crippen LogP contribution is 2.34. The van der Waals surface area contributed by atoms with Crippen molar-refractivity contribution < 1.29 is 8.78 Å². The van der Waals surface area contributed by atoms with Crippen molar-refractivity contribution in [1.82, 2.24) is 4.98 Å². The van der Waals surface area contributed by atoms with E-state index >= 15 is 0 Å². The number of aromatic nitrogens is 1. The number of fused-ring (bicyclic) bond motifs is 1. The van der Waals surface area contributed by atoms with Crippen molar-refractivity contribution in [3.63, 3.8) is 0 Å². The Morgan fingerprint density at radius 1 is 1.20 bits per heavy atom. The van der Waals surface area contributed by atoms with Crippen molar-refractivity contribution in [3.8, 4) is 0 Å². The van der Waals surface area contributed by atoms with Crippen LogP contribution in [0.4, 0.5) is 20.4 Å². The molecule has 1 unspecified atom stereocenters. The lowest BCUT2D eigenvalue weighted by molar-refractivity contribution is 0.574. The molecule has 1 aromatic heterocycles. The number of benzene rings is 1. The number of nitrogens with two attached hydrogens (primary N) is 1. The minimum atomic E-state index is -0.815. The number of halogens is 2. The Hall–Kier alpha value is -2.21. The van der Waals surface area contributed by atoms with Gasteiger partial charge in [0, 0.05) is 18.5 Å². The molecule has 3 rings (SSSR count). The fraction of sp³-hybridized carbons (Fsp3) is 0.214. The number of hydrazine groups is 1. The predicted octanol–water partition coefficient (Wildman–Crippen LogP) is 2.40. The molecule has 0 radical (unpaired) electrons. The van der Waals surface area contributed by atoms with Crippen molar-refractivity contribution in [2.75, 3.05) is 17.3 Å². The lowest BCUT2D eigenvalue weighted by Crippen LogP contribution is -2.25. The van der Waals surface area contributed by atoms with Crippen LogP contribution >= 0.6 is 0 Å². The second-order valence-electron chi connectivity index (χ2n) is 4.77.